The Labute approximate surface area is 238 Å². The summed E-state index contributed by atoms with van der Waals surface area (Å²) in [5.41, 5.74) is 21.7. The molecule has 2 aromatic carbocycles. The minimum absolute atomic E-state index is 0.239. The third kappa shape index (κ3) is 4.98. The van der Waals surface area contributed by atoms with Gasteiger partial charge in [-0.2, -0.15) is 0 Å². The van der Waals surface area contributed by atoms with E-state index in [1.165, 1.54) is 0 Å². The quantitative estimate of drug-likeness (QED) is 0.181. The summed E-state index contributed by atoms with van der Waals surface area (Å²) >= 11 is 0. The van der Waals surface area contributed by atoms with Crippen LogP contribution in [0.5, 0.6) is 0 Å². The second-order valence-corrected chi connectivity index (χ2v) is 10.8. The number of aromatic nitrogens is 3. The van der Waals surface area contributed by atoms with E-state index in [0.717, 1.165) is 112 Å². The molecule has 5 heterocycles. The first kappa shape index (κ1) is 25.5. The van der Waals surface area contributed by atoms with Crippen molar-refractivity contribution in [1.29, 1.82) is 0 Å². The summed E-state index contributed by atoms with van der Waals surface area (Å²) in [6.07, 6.45) is 4.73. The molecule has 1 atom stereocenters. The fraction of sp³-hybridized carbons (Fsp3) is 0.281. The SMILES string of the molecule is NCCC(N)c1cc(-c2cc3ccc(C4=NCCCN4)cc3[nH]2)cnc1-c1cc2ccc(C3=NCCCN3)cc2[nH]1. The van der Waals surface area contributed by atoms with Gasteiger partial charge in [0.15, 0.2) is 0 Å². The maximum atomic E-state index is 6.70. The van der Waals surface area contributed by atoms with E-state index in [9.17, 15) is 0 Å². The van der Waals surface area contributed by atoms with Gasteiger partial charge in [0, 0.05) is 82.6 Å². The van der Waals surface area contributed by atoms with Crippen molar-refractivity contribution >= 4 is 33.5 Å². The molecule has 0 bridgehead atoms. The number of aliphatic imine (C=N–C) groups is 2. The Morgan fingerprint density at radius 2 is 1.34 bits per heavy atom. The van der Waals surface area contributed by atoms with E-state index in [4.69, 9.17) is 16.5 Å². The van der Waals surface area contributed by atoms with E-state index in [2.05, 4.69) is 85.2 Å². The van der Waals surface area contributed by atoms with Crippen molar-refractivity contribution in [3.8, 4) is 22.6 Å². The number of pyridine rings is 1. The molecule has 9 nitrogen and oxygen atoms in total. The highest BCUT2D eigenvalue weighted by Crippen LogP contribution is 2.33. The lowest BCUT2D eigenvalue weighted by Crippen LogP contribution is -2.30. The minimum Gasteiger partial charge on any atom is -0.370 e. The van der Waals surface area contributed by atoms with Crippen LogP contribution in [-0.4, -0.2) is 59.3 Å². The number of nitrogens with two attached hydrogens (primary N) is 2. The molecular formula is C32H35N9. The maximum absolute atomic E-state index is 6.70. The lowest BCUT2D eigenvalue weighted by molar-refractivity contribution is 0.660. The molecule has 2 aliphatic rings. The van der Waals surface area contributed by atoms with E-state index in [-0.39, 0.29) is 6.04 Å². The number of rotatable bonds is 7. The van der Waals surface area contributed by atoms with Crippen LogP contribution in [0.25, 0.3) is 44.5 Å². The van der Waals surface area contributed by atoms with Crippen molar-refractivity contribution in [2.75, 3.05) is 32.7 Å². The smallest absolute Gasteiger partial charge is 0.128 e. The Morgan fingerprint density at radius 1 is 0.732 bits per heavy atom. The van der Waals surface area contributed by atoms with E-state index < -0.39 is 0 Å². The summed E-state index contributed by atoms with van der Waals surface area (Å²) in [4.78, 5) is 21.4. The molecule has 0 amide bonds. The van der Waals surface area contributed by atoms with E-state index >= 15 is 0 Å². The van der Waals surface area contributed by atoms with Crippen molar-refractivity contribution in [3.05, 3.63) is 77.5 Å². The Balaban J connectivity index is 1.25. The normalized spacial score (nSPS) is 16.2. The second-order valence-electron chi connectivity index (χ2n) is 10.8. The lowest BCUT2D eigenvalue weighted by atomic mass is 9.98. The topological polar surface area (TPSA) is 145 Å². The van der Waals surface area contributed by atoms with Gasteiger partial charge in [-0.1, -0.05) is 24.3 Å². The number of amidine groups is 2. The summed E-state index contributed by atoms with van der Waals surface area (Å²) in [7, 11) is 0. The van der Waals surface area contributed by atoms with Gasteiger partial charge in [-0.3, -0.25) is 15.0 Å². The zero-order valence-electron chi connectivity index (χ0n) is 23.0. The predicted octanol–water partition coefficient (Wildman–Crippen LogP) is 4.21. The molecule has 0 aliphatic carbocycles. The van der Waals surface area contributed by atoms with Crippen LogP contribution in [0.1, 0.15) is 42.0 Å². The maximum Gasteiger partial charge on any atom is 0.128 e. The van der Waals surface area contributed by atoms with Crippen molar-refractivity contribution in [2.45, 2.75) is 25.3 Å². The standard InChI is InChI=1S/C32H35N9/c33-8-7-25(34)24-13-23(28-14-19-3-5-21(16-26(19)40-28)31-35-9-1-10-36-31)18-39-30(24)29-15-20-4-6-22(17-27(20)41-29)32-37-11-2-12-38-32/h3-6,13-18,25,40-41H,1-2,7-12,33-34H2,(H,35,36)(H,37,38). The summed E-state index contributed by atoms with van der Waals surface area (Å²) in [5, 5.41) is 9.08. The highest BCUT2D eigenvalue weighted by Gasteiger charge is 2.19. The molecule has 208 valence electrons. The van der Waals surface area contributed by atoms with E-state index in [0.29, 0.717) is 13.0 Å². The fourth-order valence-electron chi connectivity index (χ4n) is 5.76. The first-order chi connectivity index (χ1) is 20.2. The van der Waals surface area contributed by atoms with Crippen molar-refractivity contribution in [3.63, 3.8) is 0 Å². The molecular weight excluding hydrogens is 510 g/mol. The molecule has 0 saturated carbocycles. The van der Waals surface area contributed by atoms with E-state index in [1.807, 2.05) is 6.20 Å². The van der Waals surface area contributed by atoms with Gasteiger partial charge in [-0.05, 0) is 61.7 Å². The Bertz CT molecular complexity index is 1790. The van der Waals surface area contributed by atoms with Crippen LogP contribution >= 0.6 is 0 Å². The second kappa shape index (κ2) is 10.8. The Morgan fingerprint density at radius 3 is 1.93 bits per heavy atom. The Kier molecular flexibility index (Phi) is 6.74. The van der Waals surface area contributed by atoms with Crippen molar-refractivity contribution < 1.29 is 0 Å². The third-order valence-corrected chi connectivity index (χ3v) is 7.95. The number of nitrogens with zero attached hydrogens (tertiary/aromatic N) is 3. The zero-order valence-corrected chi connectivity index (χ0v) is 23.0. The minimum atomic E-state index is -0.239. The monoisotopic (exact) mass is 545 g/mol. The fourth-order valence-corrected chi connectivity index (χ4v) is 5.76. The van der Waals surface area contributed by atoms with E-state index in [1.54, 1.807) is 0 Å². The first-order valence-corrected chi connectivity index (χ1v) is 14.5. The molecule has 8 N–H and O–H groups in total. The molecule has 41 heavy (non-hydrogen) atoms. The van der Waals surface area contributed by atoms with Crippen LogP contribution in [0.4, 0.5) is 0 Å². The molecule has 0 radical (unpaired) electrons. The molecule has 5 aromatic rings. The molecule has 3 aromatic heterocycles. The van der Waals surface area contributed by atoms with Gasteiger partial charge in [0.2, 0.25) is 0 Å². The molecule has 7 rings (SSSR count). The number of fused-ring (bicyclic) bond motifs is 2. The lowest BCUT2D eigenvalue weighted by Gasteiger charge is -2.16. The predicted molar refractivity (Wildman–Crippen MR) is 167 cm³/mol. The number of hydrogen-bond acceptors (Lipinski definition) is 7. The van der Waals surface area contributed by atoms with Crippen LogP contribution in [0, 0.1) is 0 Å². The van der Waals surface area contributed by atoms with Gasteiger partial charge in [-0.15, -0.1) is 0 Å². The number of H-pyrrole nitrogens is 2. The molecule has 2 aliphatic heterocycles. The van der Waals surface area contributed by atoms with Crippen LogP contribution < -0.4 is 22.1 Å². The van der Waals surface area contributed by atoms with Crippen LogP contribution in [0.15, 0.2) is 70.8 Å². The van der Waals surface area contributed by atoms with Crippen molar-refractivity contribution in [2.24, 2.45) is 21.5 Å². The molecule has 0 spiro atoms. The Hall–Kier alpha value is -4.47. The summed E-state index contributed by atoms with van der Waals surface area (Å²) in [5.74, 6) is 1.92. The average molecular weight is 546 g/mol. The average Bonchev–Trinajstić information content (AvgIpc) is 3.65. The summed E-state index contributed by atoms with van der Waals surface area (Å²) in [6, 6.07) is 19.0. The van der Waals surface area contributed by atoms with Gasteiger partial charge in [0.25, 0.3) is 0 Å². The van der Waals surface area contributed by atoms with Gasteiger partial charge in [-0.25, -0.2) is 0 Å². The zero-order chi connectivity index (χ0) is 27.8. The number of hydrogen-bond donors (Lipinski definition) is 6. The van der Waals surface area contributed by atoms with Gasteiger partial charge >= 0.3 is 0 Å². The van der Waals surface area contributed by atoms with Crippen LogP contribution in [0.2, 0.25) is 0 Å². The number of benzene rings is 2. The summed E-state index contributed by atoms with van der Waals surface area (Å²) in [6.45, 7) is 4.14. The third-order valence-electron chi connectivity index (χ3n) is 7.95. The van der Waals surface area contributed by atoms with Gasteiger partial charge in [0.1, 0.15) is 11.7 Å². The van der Waals surface area contributed by atoms with Gasteiger partial charge < -0.3 is 32.1 Å². The molecule has 1 unspecified atom stereocenters. The molecule has 0 fully saturated rings. The molecule has 9 heteroatoms. The summed E-state index contributed by atoms with van der Waals surface area (Å²) < 4.78 is 0. The molecule has 0 saturated heterocycles. The van der Waals surface area contributed by atoms with Crippen LogP contribution in [0.3, 0.4) is 0 Å². The van der Waals surface area contributed by atoms with Crippen molar-refractivity contribution in [1.82, 2.24) is 25.6 Å². The highest BCUT2D eigenvalue weighted by molar-refractivity contribution is 6.03. The van der Waals surface area contributed by atoms with Gasteiger partial charge in [0.05, 0.1) is 11.4 Å². The number of aromatic amines is 2. The van der Waals surface area contributed by atoms with Crippen LogP contribution in [-0.2, 0) is 0 Å². The number of nitrogens with one attached hydrogen (secondary N) is 4. The largest absolute Gasteiger partial charge is 0.370 e. The highest BCUT2D eigenvalue weighted by atomic mass is 15.0. The first-order valence-electron chi connectivity index (χ1n) is 14.5.